The van der Waals surface area contributed by atoms with Crippen LogP contribution in [0.15, 0.2) is 42.5 Å². The maximum atomic E-state index is 14.2. The van der Waals surface area contributed by atoms with Crippen LogP contribution in [-0.4, -0.2) is 34.6 Å². The number of halogens is 2. The van der Waals surface area contributed by atoms with E-state index in [-0.39, 0.29) is 16.6 Å². The number of anilines is 1. The quantitative estimate of drug-likeness (QED) is 0.711. The first-order chi connectivity index (χ1) is 13.2. The number of benzene rings is 2. The van der Waals surface area contributed by atoms with Crippen molar-refractivity contribution in [1.29, 1.82) is 0 Å². The first-order valence-corrected chi connectivity index (χ1v) is 10.3. The predicted octanol–water partition coefficient (Wildman–Crippen LogP) is 4.67. The lowest BCUT2D eigenvalue weighted by molar-refractivity contribution is -0.123. The Morgan fingerprint density at radius 3 is 2.68 bits per heavy atom. The minimum absolute atomic E-state index is 0.207. The molecule has 2 amide bonds. The van der Waals surface area contributed by atoms with Crippen molar-refractivity contribution < 1.29 is 14.0 Å². The van der Waals surface area contributed by atoms with Crippen LogP contribution in [-0.2, 0) is 9.67 Å². The molecule has 7 heteroatoms. The molecule has 0 unspecified atom stereocenters. The van der Waals surface area contributed by atoms with Gasteiger partial charge >= 0.3 is 0 Å². The SMILES string of the molecule is CCN1C(=O)[C@]2(SC(C)(C)CN2C(=O)c2cccc(Cl)c2)c2cc(F)ccc21. The first kappa shape index (κ1) is 19.3. The van der Waals surface area contributed by atoms with E-state index in [1.165, 1.54) is 23.9 Å². The largest absolute Gasteiger partial charge is 0.310 e. The highest BCUT2D eigenvalue weighted by molar-refractivity contribution is 8.02. The van der Waals surface area contributed by atoms with Crippen molar-refractivity contribution in [2.24, 2.45) is 0 Å². The standard InChI is InChI=1S/C21H20ClFN2O2S/c1-4-24-17-9-8-15(23)11-16(17)21(19(24)27)25(12-20(2,3)28-21)18(26)13-6-5-7-14(22)10-13/h5-11H,4,12H2,1-3H3/t21-/m1/s1. The average molecular weight is 419 g/mol. The topological polar surface area (TPSA) is 40.6 Å². The second-order valence-electron chi connectivity index (χ2n) is 7.62. The van der Waals surface area contributed by atoms with Gasteiger partial charge in [-0.3, -0.25) is 9.59 Å². The van der Waals surface area contributed by atoms with E-state index in [2.05, 4.69) is 0 Å². The van der Waals surface area contributed by atoms with Crippen LogP contribution in [0.1, 0.15) is 36.7 Å². The van der Waals surface area contributed by atoms with Crippen molar-refractivity contribution >= 4 is 40.9 Å². The van der Waals surface area contributed by atoms with Gasteiger partial charge in [-0.15, -0.1) is 11.8 Å². The molecule has 4 rings (SSSR count). The third-order valence-electron chi connectivity index (χ3n) is 5.13. The maximum Gasteiger partial charge on any atom is 0.268 e. The molecule has 2 aromatic rings. The van der Waals surface area contributed by atoms with Gasteiger partial charge in [0.15, 0.2) is 4.87 Å². The van der Waals surface area contributed by atoms with Gasteiger partial charge in [-0.2, -0.15) is 0 Å². The number of fused-ring (bicyclic) bond motifs is 2. The smallest absolute Gasteiger partial charge is 0.268 e. The Kier molecular flexibility index (Phi) is 4.47. The van der Waals surface area contributed by atoms with Crippen molar-refractivity contribution in [1.82, 2.24) is 4.90 Å². The van der Waals surface area contributed by atoms with Crippen molar-refractivity contribution in [3.8, 4) is 0 Å². The maximum absolute atomic E-state index is 14.2. The van der Waals surface area contributed by atoms with Crippen molar-refractivity contribution in [3.05, 3.63) is 64.4 Å². The number of carbonyl (C=O) groups is 2. The zero-order chi connectivity index (χ0) is 20.3. The highest BCUT2D eigenvalue weighted by Crippen LogP contribution is 2.59. The molecule has 2 aromatic carbocycles. The van der Waals surface area contributed by atoms with Gasteiger partial charge in [0.25, 0.3) is 11.8 Å². The molecular weight excluding hydrogens is 399 g/mol. The van der Waals surface area contributed by atoms with Gasteiger partial charge in [-0.25, -0.2) is 4.39 Å². The summed E-state index contributed by atoms with van der Waals surface area (Å²) in [7, 11) is 0. The van der Waals surface area contributed by atoms with E-state index in [0.29, 0.717) is 34.9 Å². The Morgan fingerprint density at radius 2 is 2.00 bits per heavy atom. The third kappa shape index (κ3) is 2.73. The number of thioether (sulfide) groups is 1. The molecule has 0 N–H and O–H groups in total. The van der Waals surface area contributed by atoms with Crippen LogP contribution < -0.4 is 4.90 Å². The predicted molar refractivity (Wildman–Crippen MR) is 110 cm³/mol. The molecular formula is C21H20ClFN2O2S. The lowest BCUT2D eigenvalue weighted by atomic mass is 10.0. The summed E-state index contributed by atoms with van der Waals surface area (Å²) in [6.07, 6.45) is 0. The number of likely N-dealkylation sites (N-methyl/N-ethyl adjacent to an activating group) is 1. The summed E-state index contributed by atoms with van der Waals surface area (Å²) in [6.45, 7) is 6.66. The Labute approximate surface area is 172 Å². The molecule has 0 bridgehead atoms. The summed E-state index contributed by atoms with van der Waals surface area (Å²) in [5, 5.41) is 0.449. The molecule has 1 spiro atoms. The lowest BCUT2D eigenvalue weighted by Gasteiger charge is -2.33. The van der Waals surface area contributed by atoms with E-state index in [9.17, 15) is 14.0 Å². The minimum Gasteiger partial charge on any atom is -0.310 e. The number of rotatable bonds is 2. The van der Waals surface area contributed by atoms with Crippen LogP contribution in [0.2, 0.25) is 5.02 Å². The van der Waals surface area contributed by atoms with Crippen LogP contribution in [0, 0.1) is 5.82 Å². The Balaban J connectivity index is 1.92. The number of hydrogen-bond donors (Lipinski definition) is 0. The van der Waals surface area contributed by atoms with Crippen LogP contribution in [0.5, 0.6) is 0 Å². The van der Waals surface area contributed by atoms with E-state index in [0.717, 1.165) is 0 Å². The molecule has 0 aliphatic carbocycles. The third-order valence-corrected chi connectivity index (χ3v) is 6.95. The zero-order valence-electron chi connectivity index (χ0n) is 15.8. The molecule has 2 heterocycles. The highest BCUT2D eigenvalue weighted by atomic mass is 35.5. The fourth-order valence-electron chi connectivity index (χ4n) is 4.07. The molecule has 2 aliphatic heterocycles. The molecule has 4 nitrogen and oxygen atoms in total. The minimum atomic E-state index is -1.28. The van der Waals surface area contributed by atoms with Crippen LogP contribution in [0.4, 0.5) is 10.1 Å². The van der Waals surface area contributed by atoms with Gasteiger partial charge in [-0.1, -0.05) is 17.7 Å². The van der Waals surface area contributed by atoms with Gasteiger partial charge < -0.3 is 9.80 Å². The van der Waals surface area contributed by atoms with Gasteiger partial charge in [0.2, 0.25) is 0 Å². The average Bonchev–Trinajstić information content (AvgIpc) is 3.06. The van der Waals surface area contributed by atoms with Crippen LogP contribution in [0.25, 0.3) is 0 Å². The molecule has 0 radical (unpaired) electrons. The normalized spacial score (nSPS) is 22.8. The Bertz CT molecular complexity index is 996. The Morgan fingerprint density at radius 1 is 1.25 bits per heavy atom. The number of nitrogens with zero attached hydrogens (tertiary/aromatic N) is 2. The summed E-state index contributed by atoms with van der Waals surface area (Å²) >= 11 is 7.48. The van der Waals surface area contributed by atoms with Gasteiger partial charge in [-0.05, 0) is 57.2 Å². The monoisotopic (exact) mass is 418 g/mol. The fraction of sp³-hybridized carbons (Fsp3) is 0.333. The van der Waals surface area contributed by atoms with Crippen molar-refractivity contribution in [3.63, 3.8) is 0 Å². The van der Waals surface area contributed by atoms with E-state index in [4.69, 9.17) is 11.6 Å². The highest BCUT2D eigenvalue weighted by Gasteiger charge is 2.63. The van der Waals surface area contributed by atoms with Gasteiger partial charge in [0, 0.05) is 34.0 Å². The molecule has 1 saturated heterocycles. The summed E-state index contributed by atoms with van der Waals surface area (Å²) in [4.78, 5) is 29.0. The Hall–Kier alpha value is -2.05. The molecule has 0 aromatic heterocycles. The van der Waals surface area contributed by atoms with Gasteiger partial charge in [0.05, 0.1) is 5.69 Å². The number of amides is 2. The number of hydrogen-bond acceptors (Lipinski definition) is 3. The van der Waals surface area contributed by atoms with E-state index < -0.39 is 10.7 Å². The molecule has 2 aliphatic rings. The summed E-state index contributed by atoms with van der Waals surface area (Å²) in [6, 6.07) is 11.0. The molecule has 28 heavy (non-hydrogen) atoms. The summed E-state index contributed by atoms with van der Waals surface area (Å²) < 4.78 is 13.8. The van der Waals surface area contributed by atoms with E-state index in [1.807, 2.05) is 20.8 Å². The van der Waals surface area contributed by atoms with Crippen LogP contribution >= 0.6 is 23.4 Å². The molecule has 146 valence electrons. The second kappa shape index (κ2) is 6.49. The molecule has 1 fully saturated rings. The van der Waals surface area contributed by atoms with E-state index >= 15 is 0 Å². The fourth-order valence-corrected chi connectivity index (χ4v) is 5.98. The molecule has 0 saturated carbocycles. The second-order valence-corrected chi connectivity index (χ2v) is 9.95. The molecule has 1 atom stereocenters. The zero-order valence-corrected chi connectivity index (χ0v) is 17.4. The van der Waals surface area contributed by atoms with Gasteiger partial charge in [0.1, 0.15) is 5.82 Å². The van der Waals surface area contributed by atoms with Crippen molar-refractivity contribution in [2.75, 3.05) is 18.0 Å². The first-order valence-electron chi connectivity index (χ1n) is 9.09. The summed E-state index contributed by atoms with van der Waals surface area (Å²) in [5.41, 5.74) is 1.60. The number of carbonyl (C=O) groups excluding carboxylic acids is 2. The van der Waals surface area contributed by atoms with Crippen molar-refractivity contribution in [2.45, 2.75) is 30.4 Å². The lowest BCUT2D eigenvalue weighted by Crippen LogP contribution is -2.50. The summed E-state index contributed by atoms with van der Waals surface area (Å²) in [5.74, 6) is -0.923. The van der Waals surface area contributed by atoms with Crippen LogP contribution in [0.3, 0.4) is 0 Å². The van der Waals surface area contributed by atoms with E-state index in [1.54, 1.807) is 40.1 Å².